The van der Waals surface area contributed by atoms with Crippen molar-refractivity contribution in [3.63, 3.8) is 0 Å². The van der Waals surface area contributed by atoms with Gasteiger partial charge in [-0.15, -0.1) is 10.2 Å². The molecule has 0 saturated heterocycles. The molecule has 0 bridgehead atoms. The summed E-state index contributed by atoms with van der Waals surface area (Å²) in [5.74, 6) is 0.458. The second-order valence-corrected chi connectivity index (χ2v) is 7.59. The Morgan fingerprint density at radius 3 is 2.43 bits per heavy atom. The number of aromatic nitrogens is 3. The maximum atomic E-state index is 11.7. The monoisotopic (exact) mass is 339 g/mol. The van der Waals surface area contributed by atoms with Crippen molar-refractivity contribution in [3.05, 3.63) is 46.7 Å². The molecule has 0 atom stereocenters. The summed E-state index contributed by atoms with van der Waals surface area (Å²) >= 11 is 1.52. The van der Waals surface area contributed by atoms with Crippen molar-refractivity contribution in [2.45, 2.75) is 12.1 Å². The Balaban J connectivity index is 2.33. The molecule has 2 aromatic heterocycles. The van der Waals surface area contributed by atoms with Crippen molar-refractivity contribution >= 4 is 31.1 Å². The van der Waals surface area contributed by atoms with Gasteiger partial charge in [-0.3, -0.25) is 4.57 Å². The number of aryl methyl sites for hydroxylation is 1. The van der Waals surface area contributed by atoms with E-state index in [2.05, 4.69) is 10.2 Å². The molecule has 0 fully saturated rings. The van der Waals surface area contributed by atoms with Crippen LogP contribution in [0, 0.1) is 6.92 Å². The van der Waals surface area contributed by atoms with Gasteiger partial charge in [-0.25, -0.2) is 8.42 Å². The smallest absolute Gasteiger partial charge is 0.265 e. The largest absolute Gasteiger partial charge is 0.297 e. The molecule has 0 spiro atoms. The van der Waals surface area contributed by atoms with Crippen molar-refractivity contribution < 1.29 is 8.42 Å². The van der Waals surface area contributed by atoms with Crippen LogP contribution in [0.15, 0.2) is 46.2 Å². The summed E-state index contributed by atoms with van der Waals surface area (Å²) in [5.41, 5.74) is 2.48. The van der Waals surface area contributed by atoms with E-state index in [-0.39, 0.29) is 5.16 Å². The first kappa shape index (κ1) is 14.2. The Hall–Kier alpha value is -1.70. The molecule has 3 aromatic rings. The first-order valence-corrected chi connectivity index (χ1v) is 9.22. The van der Waals surface area contributed by atoms with E-state index in [1.807, 2.05) is 35.9 Å². The molecule has 2 heterocycles. The Bertz CT molecular complexity index is 885. The average molecular weight is 340 g/mol. The third-order valence-corrected chi connectivity index (χ3v) is 4.94. The van der Waals surface area contributed by atoms with E-state index in [9.17, 15) is 8.42 Å². The van der Waals surface area contributed by atoms with Crippen LogP contribution in [0.3, 0.4) is 0 Å². The number of para-hydroxylation sites is 1. The lowest BCUT2D eigenvalue weighted by Gasteiger charge is -2.08. The molecule has 8 heteroatoms. The molecule has 0 saturated carbocycles. The van der Waals surface area contributed by atoms with E-state index in [0.29, 0.717) is 11.5 Å². The molecular weight excluding hydrogens is 330 g/mol. The first-order valence-electron chi connectivity index (χ1n) is 5.97. The van der Waals surface area contributed by atoms with Crippen LogP contribution in [-0.2, 0) is 9.05 Å². The van der Waals surface area contributed by atoms with Crippen LogP contribution in [0.2, 0.25) is 0 Å². The summed E-state index contributed by atoms with van der Waals surface area (Å²) in [6.07, 6.45) is 0. The molecule has 0 N–H and O–H groups in total. The summed E-state index contributed by atoms with van der Waals surface area (Å²) < 4.78 is 24.9. The van der Waals surface area contributed by atoms with Crippen LogP contribution >= 0.6 is 22.0 Å². The molecule has 108 valence electrons. The zero-order chi connectivity index (χ0) is 15.0. The Morgan fingerprint density at radius 2 is 1.86 bits per heavy atom. The zero-order valence-corrected chi connectivity index (χ0v) is 13.3. The van der Waals surface area contributed by atoms with Gasteiger partial charge in [0.15, 0.2) is 5.82 Å². The van der Waals surface area contributed by atoms with Gasteiger partial charge >= 0.3 is 0 Å². The molecule has 21 heavy (non-hydrogen) atoms. The Labute approximate surface area is 130 Å². The van der Waals surface area contributed by atoms with Crippen LogP contribution < -0.4 is 0 Å². The van der Waals surface area contributed by atoms with Gasteiger partial charge in [0.1, 0.15) is 0 Å². The minimum absolute atomic E-state index is 0.282. The van der Waals surface area contributed by atoms with E-state index >= 15 is 0 Å². The second kappa shape index (κ2) is 5.25. The highest BCUT2D eigenvalue weighted by Crippen LogP contribution is 2.30. The fraction of sp³-hybridized carbons (Fsp3) is 0.0769. The van der Waals surface area contributed by atoms with Gasteiger partial charge in [-0.05, 0) is 30.0 Å². The van der Waals surface area contributed by atoms with Gasteiger partial charge in [0, 0.05) is 27.3 Å². The molecule has 0 amide bonds. The van der Waals surface area contributed by atoms with E-state index in [1.54, 1.807) is 12.1 Å². The van der Waals surface area contributed by atoms with Crippen LogP contribution in [0.4, 0.5) is 0 Å². The highest BCUT2D eigenvalue weighted by atomic mass is 35.7. The van der Waals surface area contributed by atoms with E-state index in [0.717, 1.165) is 11.1 Å². The lowest BCUT2D eigenvalue weighted by molar-refractivity contribution is 0.597. The summed E-state index contributed by atoms with van der Waals surface area (Å²) in [7, 11) is 1.48. The fourth-order valence-electron chi connectivity index (χ4n) is 2.00. The van der Waals surface area contributed by atoms with Gasteiger partial charge < -0.3 is 0 Å². The normalized spacial score (nSPS) is 11.7. The lowest BCUT2D eigenvalue weighted by Crippen LogP contribution is -2.05. The zero-order valence-electron chi connectivity index (χ0n) is 10.9. The molecule has 3 rings (SSSR count). The maximum absolute atomic E-state index is 11.7. The molecule has 0 unspecified atom stereocenters. The van der Waals surface area contributed by atoms with Gasteiger partial charge in [0.25, 0.3) is 14.2 Å². The minimum Gasteiger partial charge on any atom is -0.265 e. The minimum atomic E-state index is -4.00. The molecule has 5 nitrogen and oxygen atoms in total. The van der Waals surface area contributed by atoms with Gasteiger partial charge in [0.05, 0.1) is 0 Å². The number of hydrogen-bond acceptors (Lipinski definition) is 5. The third-order valence-electron chi connectivity index (χ3n) is 2.96. The quantitative estimate of drug-likeness (QED) is 0.687. The summed E-state index contributed by atoms with van der Waals surface area (Å²) in [6.45, 7) is 1.94. The number of benzene rings is 1. The fourth-order valence-corrected chi connectivity index (χ4v) is 3.68. The average Bonchev–Trinajstić information content (AvgIpc) is 3.04. The molecule has 0 aliphatic heterocycles. The van der Waals surface area contributed by atoms with E-state index in [1.165, 1.54) is 15.9 Å². The highest BCUT2D eigenvalue weighted by molar-refractivity contribution is 8.13. The number of rotatable bonds is 3. The third kappa shape index (κ3) is 2.59. The number of halogens is 1. The Kier molecular flexibility index (Phi) is 3.56. The maximum Gasteiger partial charge on any atom is 0.297 e. The highest BCUT2D eigenvalue weighted by Gasteiger charge is 2.25. The van der Waals surface area contributed by atoms with Crippen molar-refractivity contribution in [2.24, 2.45) is 0 Å². The molecule has 0 aliphatic rings. The van der Waals surface area contributed by atoms with Crippen LogP contribution in [0.25, 0.3) is 17.1 Å². The van der Waals surface area contributed by atoms with E-state index < -0.39 is 9.05 Å². The molecule has 0 radical (unpaired) electrons. The van der Waals surface area contributed by atoms with Gasteiger partial charge in [0.2, 0.25) is 0 Å². The van der Waals surface area contributed by atoms with Gasteiger partial charge in [-0.1, -0.05) is 18.2 Å². The van der Waals surface area contributed by atoms with Gasteiger partial charge in [-0.2, -0.15) is 11.3 Å². The Morgan fingerprint density at radius 1 is 1.14 bits per heavy atom. The van der Waals surface area contributed by atoms with Crippen LogP contribution in [0.5, 0.6) is 0 Å². The van der Waals surface area contributed by atoms with Crippen molar-refractivity contribution in [3.8, 4) is 17.1 Å². The van der Waals surface area contributed by atoms with Crippen molar-refractivity contribution in [2.75, 3.05) is 0 Å². The van der Waals surface area contributed by atoms with E-state index in [4.69, 9.17) is 10.7 Å². The topological polar surface area (TPSA) is 64.8 Å². The molecular formula is C13H10ClN3O2S2. The lowest BCUT2D eigenvalue weighted by atomic mass is 10.2. The summed E-state index contributed by atoms with van der Waals surface area (Å²) in [6, 6.07) is 9.02. The number of thiophene rings is 1. The SMILES string of the molecule is Cc1cscc1-c1nnc(S(=O)(=O)Cl)n1-c1ccccc1. The first-order chi connectivity index (χ1) is 9.98. The summed E-state index contributed by atoms with van der Waals surface area (Å²) in [5, 5.41) is 11.4. The number of nitrogens with zero attached hydrogens (tertiary/aromatic N) is 3. The van der Waals surface area contributed by atoms with Crippen LogP contribution in [0.1, 0.15) is 5.56 Å². The predicted octanol–water partition coefficient (Wildman–Crippen LogP) is 3.23. The second-order valence-electron chi connectivity index (χ2n) is 4.38. The molecule has 1 aromatic carbocycles. The van der Waals surface area contributed by atoms with Crippen molar-refractivity contribution in [1.29, 1.82) is 0 Å². The number of hydrogen-bond donors (Lipinski definition) is 0. The predicted molar refractivity (Wildman–Crippen MR) is 82.4 cm³/mol. The van der Waals surface area contributed by atoms with Crippen molar-refractivity contribution in [1.82, 2.24) is 14.8 Å². The standard InChI is InChI=1S/C13H10ClN3O2S2/c1-9-7-20-8-11(9)12-15-16-13(21(14,18)19)17(12)10-5-3-2-4-6-10/h2-8H,1H3. The summed E-state index contributed by atoms with van der Waals surface area (Å²) in [4.78, 5) is 0. The molecule has 0 aliphatic carbocycles. The van der Waals surface area contributed by atoms with Crippen LogP contribution in [-0.4, -0.2) is 23.2 Å².